The van der Waals surface area contributed by atoms with Crippen molar-refractivity contribution in [2.24, 2.45) is 11.8 Å². The Morgan fingerprint density at radius 1 is 1.20 bits per heavy atom. The van der Waals surface area contributed by atoms with E-state index in [1.165, 1.54) is 43.5 Å². The maximum absolute atomic E-state index is 3.48. The summed E-state index contributed by atoms with van der Waals surface area (Å²) < 4.78 is 0. The molecule has 0 aliphatic carbocycles. The lowest BCUT2D eigenvalue weighted by molar-refractivity contribution is 0.152. The number of piperidine rings is 1. The molecule has 1 aromatic carbocycles. The lowest BCUT2D eigenvalue weighted by Crippen LogP contribution is -2.34. The lowest BCUT2D eigenvalue weighted by atomic mass is 9.86. The molecule has 0 saturated carbocycles. The Bertz CT molecular complexity index is 445. The Balaban J connectivity index is 1.59. The van der Waals surface area contributed by atoms with Crippen LogP contribution in [0.5, 0.6) is 0 Å². The molecule has 3 rings (SSSR count). The van der Waals surface area contributed by atoms with Gasteiger partial charge < -0.3 is 5.32 Å². The molecule has 2 heteroatoms. The third-order valence-corrected chi connectivity index (χ3v) is 5.14. The van der Waals surface area contributed by atoms with Gasteiger partial charge in [0, 0.05) is 13.1 Å². The predicted octanol–water partition coefficient (Wildman–Crippen LogP) is 3.20. The second-order valence-electron chi connectivity index (χ2n) is 6.89. The van der Waals surface area contributed by atoms with E-state index in [9.17, 15) is 0 Å². The van der Waals surface area contributed by atoms with Crippen LogP contribution in [0.3, 0.4) is 0 Å². The monoisotopic (exact) mass is 272 g/mol. The van der Waals surface area contributed by atoms with Gasteiger partial charge in [-0.2, -0.15) is 0 Å². The zero-order valence-corrected chi connectivity index (χ0v) is 13.0. The molecule has 2 aliphatic rings. The molecule has 1 N–H and O–H groups in total. The number of likely N-dealkylation sites (tertiary alicyclic amines) is 1. The summed E-state index contributed by atoms with van der Waals surface area (Å²) in [6.45, 7) is 10.6. The number of benzene rings is 1. The van der Waals surface area contributed by atoms with Crippen molar-refractivity contribution in [2.75, 3.05) is 19.6 Å². The number of rotatable bonds is 3. The van der Waals surface area contributed by atoms with Crippen molar-refractivity contribution in [3.8, 4) is 0 Å². The van der Waals surface area contributed by atoms with Crippen LogP contribution in [-0.4, -0.2) is 24.5 Å². The minimum atomic E-state index is 0.854. The van der Waals surface area contributed by atoms with Crippen molar-refractivity contribution in [3.05, 3.63) is 34.9 Å². The van der Waals surface area contributed by atoms with E-state index < -0.39 is 0 Å². The van der Waals surface area contributed by atoms with E-state index in [-0.39, 0.29) is 0 Å². The minimum Gasteiger partial charge on any atom is -0.312 e. The molecule has 0 atom stereocenters. The first-order valence-corrected chi connectivity index (χ1v) is 8.26. The normalized spacial score (nSPS) is 21.1. The number of hydrogen-bond acceptors (Lipinski definition) is 2. The van der Waals surface area contributed by atoms with Crippen molar-refractivity contribution in [1.82, 2.24) is 10.2 Å². The Hall–Kier alpha value is -0.860. The second kappa shape index (κ2) is 6.28. The maximum Gasteiger partial charge on any atom is 0.0233 e. The highest BCUT2D eigenvalue weighted by molar-refractivity contribution is 5.33. The quantitative estimate of drug-likeness (QED) is 0.909. The van der Waals surface area contributed by atoms with Gasteiger partial charge in [-0.05, 0) is 67.4 Å². The highest BCUT2D eigenvalue weighted by Gasteiger charge is 2.21. The molecule has 0 amide bonds. The van der Waals surface area contributed by atoms with Crippen LogP contribution in [0.1, 0.15) is 43.4 Å². The molecular weight excluding hydrogens is 244 g/mol. The number of nitrogens with zero attached hydrogens (tertiary/aromatic N) is 1. The zero-order valence-electron chi connectivity index (χ0n) is 13.0. The van der Waals surface area contributed by atoms with Gasteiger partial charge in [0.1, 0.15) is 0 Å². The first-order valence-electron chi connectivity index (χ1n) is 8.26. The first-order chi connectivity index (χ1) is 9.72. The van der Waals surface area contributed by atoms with Crippen molar-refractivity contribution >= 4 is 0 Å². The highest BCUT2D eigenvalue weighted by Crippen LogP contribution is 2.25. The van der Waals surface area contributed by atoms with E-state index in [0.29, 0.717) is 0 Å². The van der Waals surface area contributed by atoms with Gasteiger partial charge in [0.2, 0.25) is 0 Å². The molecule has 0 bridgehead atoms. The van der Waals surface area contributed by atoms with Gasteiger partial charge >= 0.3 is 0 Å². The van der Waals surface area contributed by atoms with Crippen molar-refractivity contribution in [1.29, 1.82) is 0 Å². The topological polar surface area (TPSA) is 15.3 Å². The summed E-state index contributed by atoms with van der Waals surface area (Å²) in [6, 6.07) is 7.13. The van der Waals surface area contributed by atoms with Crippen LogP contribution in [0.2, 0.25) is 0 Å². The fraction of sp³-hybridized carbons (Fsp3) is 0.667. The maximum atomic E-state index is 3.48. The molecule has 110 valence electrons. The van der Waals surface area contributed by atoms with E-state index in [1.807, 2.05) is 0 Å². The van der Waals surface area contributed by atoms with Crippen LogP contribution >= 0.6 is 0 Å². The predicted molar refractivity (Wildman–Crippen MR) is 84.7 cm³/mol. The Morgan fingerprint density at radius 3 is 2.75 bits per heavy atom. The van der Waals surface area contributed by atoms with E-state index in [0.717, 1.165) is 31.5 Å². The van der Waals surface area contributed by atoms with Gasteiger partial charge in [0.15, 0.2) is 0 Å². The third kappa shape index (κ3) is 3.24. The minimum absolute atomic E-state index is 0.854. The third-order valence-electron chi connectivity index (χ3n) is 5.14. The van der Waals surface area contributed by atoms with Gasteiger partial charge in [-0.15, -0.1) is 0 Å². The smallest absolute Gasteiger partial charge is 0.0233 e. The summed E-state index contributed by atoms with van der Waals surface area (Å²) >= 11 is 0. The molecule has 0 aromatic heterocycles. The summed E-state index contributed by atoms with van der Waals surface area (Å²) in [5.74, 6) is 1.80. The summed E-state index contributed by atoms with van der Waals surface area (Å²) in [5.41, 5.74) is 4.56. The standard InChI is InChI=1S/C18H28N2/c1-14(2)16-6-9-20(10-7-16)13-15-3-4-17-5-8-19-12-18(17)11-15/h3-4,11,14,16,19H,5-10,12-13H2,1-2H3. The number of fused-ring (bicyclic) bond motifs is 1. The van der Waals surface area contributed by atoms with Crippen LogP contribution in [0, 0.1) is 11.8 Å². The average Bonchev–Trinajstić information content (AvgIpc) is 2.48. The van der Waals surface area contributed by atoms with Gasteiger partial charge in [-0.3, -0.25) is 4.90 Å². The van der Waals surface area contributed by atoms with E-state index >= 15 is 0 Å². The molecular formula is C18H28N2. The summed E-state index contributed by atoms with van der Waals surface area (Å²) in [7, 11) is 0. The molecule has 2 heterocycles. The van der Waals surface area contributed by atoms with Crippen LogP contribution in [0.4, 0.5) is 0 Å². The van der Waals surface area contributed by atoms with E-state index in [4.69, 9.17) is 0 Å². The van der Waals surface area contributed by atoms with Crippen molar-refractivity contribution < 1.29 is 0 Å². The molecule has 2 aliphatic heterocycles. The Labute approximate surface area is 123 Å². The number of nitrogens with one attached hydrogen (secondary N) is 1. The summed E-state index contributed by atoms with van der Waals surface area (Å²) in [5, 5.41) is 3.48. The summed E-state index contributed by atoms with van der Waals surface area (Å²) in [4.78, 5) is 2.64. The van der Waals surface area contributed by atoms with Crippen molar-refractivity contribution in [2.45, 2.75) is 46.2 Å². The van der Waals surface area contributed by atoms with Gasteiger partial charge in [-0.1, -0.05) is 32.0 Å². The molecule has 0 unspecified atom stereocenters. The molecule has 1 fully saturated rings. The fourth-order valence-electron chi connectivity index (χ4n) is 3.67. The van der Waals surface area contributed by atoms with Crippen LogP contribution in [0.25, 0.3) is 0 Å². The average molecular weight is 272 g/mol. The molecule has 20 heavy (non-hydrogen) atoms. The van der Waals surface area contributed by atoms with Gasteiger partial charge in [-0.25, -0.2) is 0 Å². The SMILES string of the molecule is CC(C)C1CCN(Cc2ccc3c(c2)CNCC3)CC1. The molecule has 2 nitrogen and oxygen atoms in total. The number of hydrogen-bond donors (Lipinski definition) is 1. The lowest BCUT2D eigenvalue weighted by Gasteiger charge is -2.34. The van der Waals surface area contributed by atoms with Crippen LogP contribution in [-0.2, 0) is 19.5 Å². The van der Waals surface area contributed by atoms with E-state index in [1.54, 1.807) is 5.56 Å². The fourth-order valence-corrected chi connectivity index (χ4v) is 3.67. The Morgan fingerprint density at radius 2 is 2.00 bits per heavy atom. The zero-order chi connectivity index (χ0) is 13.9. The van der Waals surface area contributed by atoms with Crippen molar-refractivity contribution in [3.63, 3.8) is 0 Å². The highest BCUT2D eigenvalue weighted by atomic mass is 15.1. The summed E-state index contributed by atoms with van der Waals surface area (Å²) in [6.07, 6.45) is 3.95. The van der Waals surface area contributed by atoms with Gasteiger partial charge in [0.05, 0.1) is 0 Å². The van der Waals surface area contributed by atoms with E-state index in [2.05, 4.69) is 42.3 Å². The van der Waals surface area contributed by atoms with Gasteiger partial charge in [0.25, 0.3) is 0 Å². The van der Waals surface area contributed by atoms with Crippen LogP contribution < -0.4 is 5.32 Å². The Kier molecular flexibility index (Phi) is 4.42. The molecule has 0 radical (unpaired) electrons. The molecule has 0 spiro atoms. The second-order valence-corrected chi connectivity index (χ2v) is 6.89. The van der Waals surface area contributed by atoms with Crippen LogP contribution in [0.15, 0.2) is 18.2 Å². The first kappa shape index (κ1) is 14.1. The molecule has 1 saturated heterocycles. The molecule has 1 aromatic rings. The largest absolute Gasteiger partial charge is 0.312 e.